The molecule has 0 aliphatic carbocycles. The molecule has 0 atom stereocenters. The number of aromatic nitrogens is 1. The Kier molecular flexibility index (Phi) is 5.30. The predicted molar refractivity (Wildman–Crippen MR) is 63.5 cm³/mol. The molecule has 0 amide bonds. The highest BCUT2D eigenvalue weighted by Gasteiger charge is 2.24. The standard InChI is InChI=1S/C11H15N2O3P/c1-3-15-17(14,16-4-2)9-10-5-6-11(7-12)13-8-10/h5-6,8H,3-4,9H2,1-2H3. The van der Waals surface area contributed by atoms with Gasteiger partial charge in [-0.05, 0) is 25.5 Å². The monoisotopic (exact) mass is 254 g/mol. The normalized spacial score (nSPS) is 11.1. The molecule has 0 fully saturated rings. The van der Waals surface area contributed by atoms with Crippen LogP contribution in [0.5, 0.6) is 0 Å². The molecule has 0 unspecified atom stereocenters. The lowest BCUT2D eigenvalue weighted by atomic mass is 10.3. The van der Waals surface area contributed by atoms with E-state index in [9.17, 15) is 4.57 Å². The number of hydrogen-bond acceptors (Lipinski definition) is 5. The lowest BCUT2D eigenvalue weighted by Crippen LogP contribution is -1.99. The molecule has 0 spiro atoms. The van der Waals surface area contributed by atoms with Gasteiger partial charge in [0.15, 0.2) is 0 Å². The summed E-state index contributed by atoms with van der Waals surface area (Å²) >= 11 is 0. The highest BCUT2D eigenvalue weighted by molar-refractivity contribution is 7.53. The summed E-state index contributed by atoms with van der Waals surface area (Å²) in [7, 11) is -3.09. The average molecular weight is 254 g/mol. The quantitative estimate of drug-likeness (QED) is 0.730. The number of rotatable bonds is 6. The van der Waals surface area contributed by atoms with Gasteiger partial charge in [-0.2, -0.15) is 5.26 Å². The number of hydrogen-bond donors (Lipinski definition) is 0. The number of nitriles is 1. The molecule has 0 N–H and O–H groups in total. The Morgan fingerprint density at radius 3 is 2.41 bits per heavy atom. The third kappa shape index (κ3) is 4.27. The van der Waals surface area contributed by atoms with E-state index in [2.05, 4.69) is 4.98 Å². The summed E-state index contributed by atoms with van der Waals surface area (Å²) in [6, 6.07) is 5.21. The Hall–Kier alpha value is -1.21. The molecule has 0 saturated heterocycles. The summed E-state index contributed by atoms with van der Waals surface area (Å²) in [5, 5.41) is 8.61. The van der Waals surface area contributed by atoms with E-state index in [4.69, 9.17) is 14.3 Å². The molecule has 92 valence electrons. The van der Waals surface area contributed by atoms with Crippen molar-refractivity contribution in [3.05, 3.63) is 29.6 Å². The average Bonchev–Trinajstić information content (AvgIpc) is 2.30. The Morgan fingerprint density at radius 2 is 2.00 bits per heavy atom. The van der Waals surface area contributed by atoms with Crippen LogP contribution >= 0.6 is 7.60 Å². The van der Waals surface area contributed by atoms with Gasteiger partial charge in [-0.15, -0.1) is 0 Å². The SMILES string of the molecule is CCOP(=O)(Cc1ccc(C#N)nc1)OCC. The van der Waals surface area contributed by atoms with Gasteiger partial charge in [0.2, 0.25) is 0 Å². The van der Waals surface area contributed by atoms with Crippen LogP contribution in [0.3, 0.4) is 0 Å². The minimum atomic E-state index is -3.09. The lowest BCUT2D eigenvalue weighted by Gasteiger charge is -2.16. The summed E-state index contributed by atoms with van der Waals surface area (Å²) in [5.41, 5.74) is 1.06. The van der Waals surface area contributed by atoms with Crippen LogP contribution in [0.1, 0.15) is 25.1 Å². The minimum absolute atomic E-state index is 0.174. The fraction of sp³-hybridized carbons (Fsp3) is 0.455. The highest BCUT2D eigenvalue weighted by Crippen LogP contribution is 2.51. The Balaban J connectivity index is 2.79. The van der Waals surface area contributed by atoms with Gasteiger partial charge in [0.25, 0.3) is 0 Å². The van der Waals surface area contributed by atoms with Gasteiger partial charge >= 0.3 is 7.60 Å². The van der Waals surface area contributed by atoms with E-state index < -0.39 is 7.60 Å². The van der Waals surface area contributed by atoms with Gasteiger partial charge in [0.1, 0.15) is 11.8 Å². The first kappa shape index (κ1) is 13.9. The van der Waals surface area contributed by atoms with Crippen LogP contribution in [-0.2, 0) is 19.8 Å². The van der Waals surface area contributed by atoms with Crippen LogP contribution in [0.25, 0.3) is 0 Å². The smallest absolute Gasteiger partial charge is 0.309 e. The molecule has 0 aliphatic rings. The van der Waals surface area contributed by atoms with Crippen molar-refractivity contribution in [1.82, 2.24) is 4.98 Å². The Labute approximate surface area is 101 Å². The fourth-order valence-electron chi connectivity index (χ4n) is 1.33. The van der Waals surface area contributed by atoms with Crippen molar-refractivity contribution in [3.63, 3.8) is 0 Å². The maximum absolute atomic E-state index is 12.2. The number of nitrogens with zero attached hydrogens (tertiary/aromatic N) is 2. The molecular weight excluding hydrogens is 239 g/mol. The number of pyridine rings is 1. The van der Waals surface area contributed by atoms with Gasteiger partial charge < -0.3 is 9.05 Å². The molecule has 0 aromatic carbocycles. The topological polar surface area (TPSA) is 72.2 Å². The molecule has 6 heteroatoms. The van der Waals surface area contributed by atoms with Crippen LogP contribution in [0, 0.1) is 11.3 Å². The minimum Gasteiger partial charge on any atom is -0.309 e. The first-order valence-electron chi connectivity index (χ1n) is 5.36. The zero-order valence-corrected chi connectivity index (χ0v) is 10.8. The van der Waals surface area contributed by atoms with Crippen molar-refractivity contribution in [1.29, 1.82) is 5.26 Å². The van der Waals surface area contributed by atoms with Crippen molar-refractivity contribution in [2.75, 3.05) is 13.2 Å². The largest absolute Gasteiger partial charge is 0.335 e. The first-order chi connectivity index (χ1) is 8.13. The first-order valence-corrected chi connectivity index (χ1v) is 7.09. The Bertz CT molecular complexity index is 429. The molecule has 0 radical (unpaired) electrons. The molecule has 0 aliphatic heterocycles. The molecule has 0 saturated carbocycles. The van der Waals surface area contributed by atoms with Crippen molar-refractivity contribution in [2.45, 2.75) is 20.0 Å². The van der Waals surface area contributed by atoms with Crippen molar-refractivity contribution >= 4 is 7.60 Å². The molecule has 0 bridgehead atoms. The maximum atomic E-state index is 12.2. The molecule has 17 heavy (non-hydrogen) atoms. The predicted octanol–water partition coefficient (Wildman–Crippen LogP) is 2.72. The van der Waals surface area contributed by atoms with E-state index in [0.29, 0.717) is 18.9 Å². The second kappa shape index (κ2) is 6.51. The second-order valence-electron chi connectivity index (χ2n) is 3.27. The fourth-order valence-corrected chi connectivity index (χ4v) is 3.01. The van der Waals surface area contributed by atoms with Gasteiger partial charge in [0.05, 0.1) is 19.4 Å². The van der Waals surface area contributed by atoms with E-state index in [1.54, 1.807) is 26.0 Å². The van der Waals surface area contributed by atoms with Crippen LogP contribution in [0.4, 0.5) is 0 Å². The molecule has 5 nitrogen and oxygen atoms in total. The van der Waals surface area contributed by atoms with Crippen molar-refractivity contribution in [2.24, 2.45) is 0 Å². The molecular formula is C11H15N2O3P. The second-order valence-corrected chi connectivity index (χ2v) is 5.32. The van der Waals surface area contributed by atoms with Crippen molar-refractivity contribution < 1.29 is 13.6 Å². The zero-order valence-electron chi connectivity index (χ0n) is 9.92. The van der Waals surface area contributed by atoms with Gasteiger partial charge in [-0.3, -0.25) is 4.57 Å². The molecule has 1 aromatic rings. The summed E-state index contributed by atoms with van der Waals surface area (Å²) in [4.78, 5) is 3.91. The zero-order chi connectivity index (χ0) is 12.7. The summed E-state index contributed by atoms with van der Waals surface area (Å²) in [6.45, 7) is 4.20. The van der Waals surface area contributed by atoms with Crippen LogP contribution in [-0.4, -0.2) is 18.2 Å². The summed E-state index contributed by atoms with van der Waals surface area (Å²) in [5.74, 6) is 0. The summed E-state index contributed by atoms with van der Waals surface area (Å²) in [6.07, 6.45) is 1.69. The van der Waals surface area contributed by atoms with Gasteiger partial charge in [0, 0.05) is 6.20 Å². The van der Waals surface area contributed by atoms with Gasteiger partial charge in [-0.25, -0.2) is 4.98 Å². The molecule has 1 rings (SSSR count). The van der Waals surface area contributed by atoms with Gasteiger partial charge in [-0.1, -0.05) is 6.07 Å². The van der Waals surface area contributed by atoms with E-state index in [0.717, 1.165) is 5.56 Å². The van der Waals surface area contributed by atoms with E-state index in [-0.39, 0.29) is 6.16 Å². The summed E-state index contributed by atoms with van der Waals surface area (Å²) < 4.78 is 22.5. The third-order valence-corrected chi connectivity index (χ3v) is 4.02. The van der Waals surface area contributed by atoms with Crippen LogP contribution < -0.4 is 0 Å². The highest BCUT2D eigenvalue weighted by atomic mass is 31.2. The Morgan fingerprint density at radius 1 is 1.35 bits per heavy atom. The van der Waals surface area contributed by atoms with E-state index >= 15 is 0 Å². The van der Waals surface area contributed by atoms with E-state index in [1.807, 2.05) is 6.07 Å². The lowest BCUT2D eigenvalue weighted by molar-refractivity contribution is 0.219. The van der Waals surface area contributed by atoms with Crippen LogP contribution in [0.15, 0.2) is 18.3 Å². The molecule has 1 aromatic heterocycles. The third-order valence-electron chi connectivity index (χ3n) is 1.97. The molecule has 1 heterocycles. The maximum Gasteiger partial charge on any atom is 0.335 e. The van der Waals surface area contributed by atoms with Crippen molar-refractivity contribution in [3.8, 4) is 6.07 Å². The van der Waals surface area contributed by atoms with E-state index in [1.165, 1.54) is 6.20 Å². The van der Waals surface area contributed by atoms with Crippen LogP contribution in [0.2, 0.25) is 0 Å².